The number of hydrogen-bond donors (Lipinski definition) is 0. The van der Waals surface area contributed by atoms with Crippen LogP contribution in [-0.4, -0.2) is 27.5 Å². The molecule has 11 rings (SSSR count). The maximum absolute atomic E-state index is 6.68. The molecule has 4 nitrogen and oxygen atoms in total. The predicted molar refractivity (Wildman–Crippen MR) is 263 cm³/mol. The fourth-order valence-electron chi connectivity index (χ4n) is 9.97. The van der Waals surface area contributed by atoms with Gasteiger partial charge in [0.05, 0.1) is 33.3 Å². The standard InChI is InChI=1S/C57H49BN2O2/c1-7-17-47-42(8-2)54(37-26-31-40(32-27-37)59-50-22-13-9-18-43(50)44-19-10-14-23-51(44)59)48-35-30-39(58-61-56(3,4)57(5,6)62-58)36-49(48)55(47)38-28-33-41(34-29-38)60-52-24-15-11-20-45(52)46-21-12-16-25-53(46)60/h8-36H,7H2,1-6H3/b42-8+,47-17+. The average molecular weight is 805 g/mol. The Labute approximate surface area is 363 Å². The topological polar surface area (TPSA) is 28.3 Å². The Morgan fingerprint density at radius 2 is 0.871 bits per heavy atom. The van der Waals surface area contributed by atoms with Gasteiger partial charge in [0.1, 0.15) is 0 Å². The third-order valence-electron chi connectivity index (χ3n) is 13.6. The van der Waals surface area contributed by atoms with Gasteiger partial charge in [-0.25, -0.2) is 0 Å². The largest absolute Gasteiger partial charge is 0.494 e. The van der Waals surface area contributed by atoms with Gasteiger partial charge in [-0.1, -0.05) is 134 Å². The van der Waals surface area contributed by atoms with Gasteiger partial charge in [0.2, 0.25) is 0 Å². The van der Waals surface area contributed by atoms with Crippen LogP contribution in [0.3, 0.4) is 0 Å². The maximum atomic E-state index is 6.68. The van der Waals surface area contributed by atoms with Crippen LogP contribution >= 0.6 is 0 Å². The molecule has 5 heteroatoms. The van der Waals surface area contributed by atoms with Crippen LogP contribution < -0.4 is 15.9 Å². The molecule has 0 atom stereocenters. The van der Waals surface area contributed by atoms with Crippen molar-refractivity contribution in [3.05, 3.63) is 174 Å². The van der Waals surface area contributed by atoms with Crippen molar-refractivity contribution in [3.8, 4) is 33.6 Å². The van der Waals surface area contributed by atoms with E-state index in [0.717, 1.165) is 23.3 Å². The number of rotatable bonds is 6. The monoisotopic (exact) mass is 804 g/mol. The average Bonchev–Trinajstić information content (AvgIpc) is 3.89. The lowest BCUT2D eigenvalue weighted by molar-refractivity contribution is 0.00578. The van der Waals surface area contributed by atoms with Gasteiger partial charge < -0.3 is 18.4 Å². The number of aromatic nitrogens is 2. The van der Waals surface area contributed by atoms with E-state index in [1.54, 1.807) is 0 Å². The smallest absolute Gasteiger partial charge is 0.399 e. The van der Waals surface area contributed by atoms with Crippen LogP contribution in [0.25, 0.3) is 100 Å². The van der Waals surface area contributed by atoms with Crippen molar-refractivity contribution in [2.75, 3.05) is 0 Å². The second-order valence-corrected chi connectivity index (χ2v) is 17.7. The minimum atomic E-state index is -0.486. The van der Waals surface area contributed by atoms with Gasteiger partial charge in [-0.05, 0) is 138 Å². The third-order valence-corrected chi connectivity index (χ3v) is 13.6. The number of fused-ring (bicyclic) bond motifs is 7. The molecule has 0 unspecified atom stereocenters. The number of benzene rings is 8. The van der Waals surface area contributed by atoms with E-state index in [0.29, 0.717) is 0 Å². The summed E-state index contributed by atoms with van der Waals surface area (Å²) in [5.74, 6) is 0. The number of para-hydroxylation sites is 4. The second-order valence-electron chi connectivity index (χ2n) is 17.7. The molecule has 0 saturated carbocycles. The summed E-state index contributed by atoms with van der Waals surface area (Å²) in [5, 5.41) is 9.87. The molecule has 302 valence electrons. The van der Waals surface area contributed by atoms with E-state index in [1.165, 1.54) is 87.1 Å². The minimum Gasteiger partial charge on any atom is -0.399 e. The lowest BCUT2D eigenvalue weighted by atomic mass is 9.76. The summed E-state index contributed by atoms with van der Waals surface area (Å²) >= 11 is 0. The normalized spacial score (nSPS) is 15.6. The summed E-state index contributed by atoms with van der Waals surface area (Å²) in [6.45, 7) is 12.9. The SMILES string of the molecule is C/C=c1/c(-c2ccc(-n3c4ccccc4c4ccccc43)cc2)c2ccc(B3OC(C)(C)C(C)(C)O3)cc2c(-c2ccc(-n3c4ccccc4c4ccccc43)cc2)/c1=C/CC. The van der Waals surface area contributed by atoms with Crippen molar-refractivity contribution < 1.29 is 9.31 Å². The molecule has 10 aromatic rings. The summed E-state index contributed by atoms with van der Waals surface area (Å²) < 4.78 is 18.1. The molecular weight excluding hydrogens is 755 g/mol. The Kier molecular flexibility index (Phi) is 8.94. The van der Waals surface area contributed by atoms with Gasteiger partial charge in [-0.15, -0.1) is 0 Å². The molecule has 0 amide bonds. The van der Waals surface area contributed by atoms with E-state index in [2.05, 4.69) is 227 Å². The zero-order valence-electron chi connectivity index (χ0n) is 36.2. The number of hydrogen-bond acceptors (Lipinski definition) is 2. The van der Waals surface area contributed by atoms with E-state index >= 15 is 0 Å². The van der Waals surface area contributed by atoms with E-state index < -0.39 is 18.3 Å². The lowest BCUT2D eigenvalue weighted by Crippen LogP contribution is -2.41. The Morgan fingerprint density at radius 1 is 0.468 bits per heavy atom. The van der Waals surface area contributed by atoms with Gasteiger partial charge in [0.15, 0.2) is 0 Å². The summed E-state index contributed by atoms with van der Waals surface area (Å²) in [5.41, 5.74) is 12.0. The van der Waals surface area contributed by atoms with Gasteiger partial charge in [-0.2, -0.15) is 0 Å². The highest BCUT2D eigenvalue weighted by molar-refractivity contribution is 6.62. The van der Waals surface area contributed by atoms with Gasteiger partial charge in [0.25, 0.3) is 0 Å². The molecule has 1 aliphatic heterocycles. The fourth-order valence-corrected chi connectivity index (χ4v) is 9.97. The zero-order chi connectivity index (χ0) is 42.3. The minimum absolute atomic E-state index is 0.455. The van der Waals surface area contributed by atoms with Crippen molar-refractivity contribution in [1.82, 2.24) is 9.13 Å². The molecule has 0 bridgehead atoms. The van der Waals surface area contributed by atoms with Crippen LogP contribution in [0.5, 0.6) is 0 Å². The molecule has 2 aromatic heterocycles. The number of nitrogens with zero attached hydrogens (tertiary/aromatic N) is 2. The van der Waals surface area contributed by atoms with Crippen LogP contribution in [0.1, 0.15) is 48.0 Å². The van der Waals surface area contributed by atoms with Crippen molar-refractivity contribution >= 4 is 79.1 Å². The highest BCUT2D eigenvalue weighted by Crippen LogP contribution is 2.39. The molecule has 0 N–H and O–H groups in total. The molecule has 0 aliphatic carbocycles. The Morgan fingerprint density at radius 3 is 1.27 bits per heavy atom. The van der Waals surface area contributed by atoms with E-state index in [4.69, 9.17) is 9.31 Å². The predicted octanol–water partition coefficient (Wildman–Crippen LogP) is 12.7. The highest BCUT2D eigenvalue weighted by Gasteiger charge is 2.51. The molecule has 62 heavy (non-hydrogen) atoms. The first-order valence-corrected chi connectivity index (χ1v) is 22.0. The fraction of sp³-hybridized carbons (Fsp3) is 0.158. The van der Waals surface area contributed by atoms with Gasteiger partial charge in [-0.3, -0.25) is 0 Å². The Bertz CT molecular complexity index is 3400. The highest BCUT2D eigenvalue weighted by atomic mass is 16.7. The molecule has 0 radical (unpaired) electrons. The molecule has 3 heterocycles. The van der Waals surface area contributed by atoms with Crippen molar-refractivity contribution in [3.63, 3.8) is 0 Å². The molecular formula is C57H49BN2O2. The summed E-state index contributed by atoms with van der Waals surface area (Å²) in [4.78, 5) is 0. The van der Waals surface area contributed by atoms with Crippen LogP contribution in [0.4, 0.5) is 0 Å². The van der Waals surface area contributed by atoms with Crippen LogP contribution in [0, 0.1) is 0 Å². The Hall–Kier alpha value is -6.66. The van der Waals surface area contributed by atoms with Crippen LogP contribution in [-0.2, 0) is 9.31 Å². The zero-order valence-corrected chi connectivity index (χ0v) is 36.2. The van der Waals surface area contributed by atoms with Crippen LogP contribution in [0.15, 0.2) is 164 Å². The molecule has 1 saturated heterocycles. The van der Waals surface area contributed by atoms with Gasteiger partial charge in [0, 0.05) is 32.9 Å². The van der Waals surface area contributed by atoms with E-state index in [9.17, 15) is 0 Å². The van der Waals surface area contributed by atoms with Crippen molar-refractivity contribution in [1.29, 1.82) is 0 Å². The second kappa shape index (κ2) is 14.5. The first kappa shape index (κ1) is 38.3. The third kappa shape index (κ3) is 5.83. The summed E-state index contributed by atoms with van der Waals surface area (Å²) in [6.07, 6.45) is 5.60. The molecule has 1 fully saturated rings. The van der Waals surface area contributed by atoms with Gasteiger partial charge >= 0.3 is 7.12 Å². The quantitative estimate of drug-likeness (QED) is 0.157. The van der Waals surface area contributed by atoms with Crippen molar-refractivity contribution in [2.45, 2.75) is 59.2 Å². The first-order chi connectivity index (χ1) is 30.2. The lowest BCUT2D eigenvalue weighted by Gasteiger charge is -2.32. The molecule has 1 aliphatic rings. The molecule has 8 aromatic carbocycles. The Balaban J connectivity index is 1.13. The summed E-state index contributed by atoms with van der Waals surface area (Å²) in [7, 11) is -0.486. The first-order valence-electron chi connectivity index (χ1n) is 22.0. The van der Waals surface area contributed by atoms with E-state index in [1.807, 2.05) is 0 Å². The maximum Gasteiger partial charge on any atom is 0.494 e. The van der Waals surface area contributed by atoms with Crippen LogP contribution in [0.2, 0.25) is 0 Å². The van der Waals surface area contributed by atoms with Crippen molar-refractivity contribution in [2.24, 2.45) is 0 Å². The summed E-state index contributed by atoms with van der Waals surface area (Å²) in [6, 6.07) is 60.0. The molecule has 0 spiro atoms. The van der Waals surface area contributed by atoms with E-state index in [-0.39, 0.29) is 0 Å².